The smallest absolute Gasteiger partial charge is 0.221 e. The number of hydrogen-bond acceptors (Lipinski definition) is 5. The molecule has 0 spiro atoms. The molecule has 2 aromatic rings. The molecule has 0 radical (unpaired) electrons. The molecule has 1 aliphatic heterocycles. The van der Waals surface area contributed by atoms with Gasteiger partial charge in [-0.2, -0.15) is 0 Å². The summed E-state index contributed by atoms with van der Waals surface area (Å²) in [4.78, 5) is 6.76. The van der Waals surface area contributed by atoms with Crippen LogP contribution < -0.4 is 10.1 Å². The van der Waals surface area contributed by atoms with Gasteiger partial charge in [0.25, 0.3) is 0 Å². The second kappa shape index (κ2) is 8.13. The third-order valence-electron chi connectivity index (χ3n) is 4.09. The molecule has 2 heterocycles. The summed E-state index contributed by atoms with van der Waals surface area (Å²) in [5.74, 6) is 0.712. The first kappa shape index (κ1) is 16.0. The van der Waals surface area contributed by atoms with Gasteiger partial charge >= 0.3 is 0 Å². The van der Waals surface area contributed by atoms with Gasteiger partial charge in [0, 0.05) is 36.9 Å². The molecule has 1 aromatic carbocycles. The number of benzene rings is 1. The van der Waals surface area contributed by atoms with E-state index in [1.807, 2.05) is 13.0 Å². The summed E-state index contributed by atoms with van der Waals surface area (Å²) < 4.78 is 10.9. The Labute approximate surface area is 137 Å². The van der Waals surface area contributed by atoms with Crippen LogP contribution in [0.2, 0.25) is 0 Å². The summed E-state index contributed by atoms with van der Waals surface area (Å²) in [7, 11) is 0. The monoisotopic (exact) mass is 315 g/mol. The third-order valence-corrected chi connectivity index (χ3v) is 4.09. The molecule has 124 valence electrons. The molecule has 1 saturated heterocycles. The lowest BCUT2D eigenvalue weighted by molar-refractivity contribution is 0.0378. The fourth-order valence-electron chi connectivity index (χ4n) is 2.87. The number of aromatic nitrogens is 1. The largest absolute Gasteiger partial charge is 0.478 e. The second-order valence-corrected chi connectivity index (χ2v) is 5.72. The lowest BCUT2D eigenvalue weighted by Gasteiger charge is -2.26. The van der Waals surface area contributed by atoms with Gasteiger partial charge in [-0.1, -0.05) is 0 Å². The van der Waals surface area contributed by atoms with Crippen LogP contribution in [-0.4, -0.2) is 55.9 Å². The Morgan fingerprint density at radius 3 is 2.96 bits per heavy atom. The van der Waals surface area contributed by atoms with Gasteiger partial charge in [0.05, 0.1) is 19.8 Å². The van der Waals surface area contributed by atoms with E-state index < -0.39 is 0 Å². The normalized spacial score (nSPS) is 15.7. The van der Waals surface area contributed by atoms with Crippen LogP contribution in [0.4, 0.5) is 5.69 Å². The summed E-state index contributed by atoms with van der Waals surface area (Å²) in [6.45, 7) is 8.57. The van der Waals surface area contributed by atoms with Crippen LogP contribution in [0.25, 0.3) is 10.8 Å². The van der Waals surface area contributed by atoms with Crippen molar-refractivity contribution in [2.24, 2.45) is 0 Å². The van der Waals surface area contributed by atoms with E-state index in [0.29, 0.717) is 12.5 Å². The van der Waals surface area contributed by atoms with Gasteiger partial charge in [0.15, 0.2) is 0 Å². The van der Waals surface area contributed by atoms with Gasteiger partial charge in [0.1, 0.15) is 0 Å². The first-order valence-corrected chi connectivity index (χ1v) is 8.42. The number of nitrogens with one attached hydrogen (secondary N) is 1. The lowest BCUT2D eigenvalue weighted by Crippen LogP contribution is -2.37. The van der Waals surface area contributed by atoms with Gasteiger partial charge < -0.3 is 14.8 Å². The first-order chi connectivity index (χ1) is 11.4. The van der Waals surface area contributed by atoms with Crippen LogP contribution >= 0.6 is 0 Å². The average molecular weight is 315 g/mol. The van der Waals surface area contributed by atoms with Crippen molar-refractivity contribution in [3.05, 3.63) is 30.5 Å². The van der Waals surface area contributed by atoms with Gasteiger partial charge in [-0.3, -0.25) is 4.90 Å². The Bertz CT molecular complexity index is 627. The molecular formula is C18H25N3O2. The number of nitrogens with zero attached hydrogens (tertiary/aromatic N) is 2. The van der Waals surface area contributed by atoms with Crippen LogP contribution in [0.5, 0.6) is 5.88 Å². The van der Waals surface area contributed by atoms with Gasteiger partial charge in [0.2, 0.25) is 5.88 Å². The maximum Gasteiger partial charge on any atom is 0.221 e. The summed E-state index contributed by atoms with van der Waals surface area (Å²) in [6, 6.07) is 8.37. The highest BCUT2D eigenvalue weighted by molar-refractivity contribution is 5.89. The fourth-order valence-corrected chi connectivity index (χ4v) is 2.87. The number of ether oxygens (including phenoxy) is 2. The predicted molar refractivity (Wildman–Crippen MR) is 93.3 cm³/mol. The highest BCUT2D eigenvalue weighted by Crippen LogP contribution is 2.25. The molecule has 1 aliphatic rings. The van der Waals surface area contributed by atoms with E-state index in [2.05, 4.69) is 33.4 Å². The van der Waals surface area contributed by atoms with Crippen molar-refractivity contribution in [3.8, 4) is 5.88 Å². The number of morpholine rings is 1. The second-order valence-electron chi connectivity index (χ2n) is 5.72. The SMILES string of the molecule is CCOc1nccc2cc(NCCCN3CCOCC3)ccc12. The van der Waals surface area contributed by atoms with Gasteiger partial charge in [-0.05, 0) is 49.5 Å². The van der Waals surface area contributed by atoms with Crippen LogP contribution in [0.15, 0.2) is 30.5 Å². The molecule has 3 rings (SSSR count). The highest BCUT2D eigenvalue weighted by Gasteiger charge is 2.09. The molecule has 0 atom stereocenters. The van der Waals surface area contributed by atoms with E-state index in [-0.39, 0.29) is 0 Å². The van der Waals surface area contributed by atoms with Crippen molar-refractivity contribution in [2.45, 2.75) is 13.3 Å². The molecule has 1 aromatic heterocycles. The number of rotatable bonds is 7. The van der Waals surface area contributed by atoms with Gasteiger partial charge in [-0.15, -0.1) is 0 Å². The minimum absolute atomic E-state index is 0.633. The number of anilines is 1. The topological polar surface area (TPSA) is 46.6 Å². The maximum atomic E-state index is 5.58. The van der Waals surface area contributed by atoms with E-state index in [1.165, 1.54) is 0 Å². The minimum atomic E-state index is 0.633. The third kappa shape index (κ3) is 4.33. The van der Waals surface area contributed by atoms with Gasteiger partial charge in [-0.25, -0.2) is 4.98 Å². The van der Waals surface area contributed by atoms with Crippen molar-refractivity contribution >= 4 is 16.5 Å². The Hall–Kier alpha value is -1.85. The molecule has 0 aliphatic carbocycles. The molecular weight excluding hydrogens is 290 g/mol. The predicted octanol–water partition coefficient (Wildman–Crippen LogP) is 2.77. The Balaban J connectivity index is 1.54. The molecule has 5 heteroatoms. The number of pyridine rings is 1. The van der Waals surface area contributed by atoms with Crippen LogP contribution in [-0.2, 0) is 4.74 Å². The summed E-state index contributed by atoms with van der Waals surface area (Å²) >= 11 is 0. The van der Waals surface area contributed by atoms with Crippen molar-refractivity contribution in [1.82, 2.24) is 9.88 Å². The summed E-state index contributed by atoms with van der Waals surface area (Å²) in [5.41, 5.74) is 1.15. The molecule has 0 unspecified atom stereocenters. The standard InChI is InChI=1S/C18H25N3O2/c1-2-23-18-17-5-4-16(14-15(17)6-8-20-18)19-7-3-9-21-10-12-22-13-11-21/h4-6,8,14,19H,2-3,7,9-13H2,1H3. The van der Waals surface area contributed by atoms with E-state index >= 15 is 0 Å². The lowest BCUT2D eigenvalue weighted by atomic mass is 10.1. The molecule has 0 amide bonds. The number of hydrogen-bond donors (Lipinski definition) is 1. The summed E-state index contributed by atoms with van der Waals surface area (Å²) in [6.07, 6.45) is 2.94. The van der Waals surface area contributed by atoms with E-state index in [0.717, 1.165) is 62.3 Å². The summed E-state index contributed by atoms with van der Waals surface area (Å²) in [5, 5.41) is 5.73. The molecule has 0 saturated carbocycles. The van der Waals surface area contributed by atoms with Crippen LogP contribution in [0.1, 0.15) is 13.3 Å². The number of fused-ring (bicyclic) bond motifs is 1. The van der Waals surface area contributed by atoms with Crippen molar-refractivity contribution in [3.63, 3.8) is 0 Å². The van der Waals surface area contributed by atoms with Crippen molar-refractivity contribution in [2.75, 3.05) is 51.3 Å². The Morgan fingerprint density at radius 1 is 1.26 bits per heavy atom. The maximum absolute atomic E-state index is 5.58. The van der Waals surface area contributed by atoms with Crippen molar-refractivity contribution < 1.29 is 9.47 Å². The zero-order chi connectivity index (χ0) is 15.9. The highest BCUT2D eigenvalue weighted by atomic mass is 16.5. The Kier molecular flexibility index (Phi) is 5.66. The molecule has 5 nitrogen and oxygen atoms in total. The van der Waals surface area contributed by atoms with E-state index in [4.69, 9.17) is 9.47 Å². The fraction of sp³-hybridized carbons (Fsp3) is 0.500. The zero-order valence-corrected chi connectivity index (χ0v) is 13.8. The molecule has 1 N–H and O–H groups in total. The molecule has 23 heavy (non-hydrogen) atoms. The average Bonchev–Trinajstić information content (AvgIpc) is 2.60. The van der Waals surface area contributed by atoms with E-state index in [9.17, 15) is 0 Å². The van der Waals surface area contributed by atoms with Crippen molar-refractivity contribution in [1.29, 1.82) is 0 Å². The van der Waals surface area contributed by atoms with E-state index in [1.54, 1.807) is 6.20 Å². The zero-order valence-electron chi connectivity index (χ0n) is 13.8. The van der Waals surface area contributed by atoms with Crippen LogP contribution in [0.3, 0.4) is 0 Å². The first-order valence-electron chi connectivity index (χ1n) is 8.42. The molecule has 1 fully saturated rings. The van der Waals surface area contributed by atoms with Crippen LogP contribution in [0, 0.1) is 0 Å². The molecule has 0 bridgehead atoms. The quantitative estimate of drug-likeness (QED) is 0.796. The minimum Gasteiger partial charge on any atom is -0.478 e. The Morgan fingerprint density at radius 2 is 2.13 bits per heavy atom.